The van der Waals surface area contributed by atoms with E-state index in [-0.39, 0.29) is 11.5 Å². The van der Waals surface area contributed by atoms with Crippen molar-refractivity contribution < 1.29 is 9.53 Å². The van der Waals surface area contributed by atoms with E-state index in [1.165, 1.54) is 6.20 Å². The van der Waals surface area contributed by atoms with E-state index in [1.807, 2.05) is 25.1 Å². The highest BCUT2D eigenvalue weighted by molar-refractivity contribution is 6.30. The van der Waals surface area contributed by atoms with Crippen LogP contribution in [0.5, 0.6) is 0 Å². The van der Waals surface area contributed by atoms with Gasteiger partial charge in [-0.05, 0) is 30.7 Å². The molecule has 5 nitrogen and oxygen atoms in total. The Morgan fingerprint density at radius 1 is 1.48 bits per heavy atom. The molecule has 0 aromatic heterocycles. The lowest BCUT2D eigenvalue weighted by atomic mass is 10.2. The topological polar surface area (TPSA) is 65.4 Å². The highest BCUT2D eigenvalue weighted by Crippen LogP contribution is 2.20. The van der Waals surface area contributed by atoms with Crippen LogP contribution in [0.15, 0.2) is 30.0 Å². The lowest BCUT2D eigenvalue weighted by Gasteiger charge is -2.26. The number of benzene rings is 1. The third-order valence-electron chi connectivity index (χ3n) is 3.21. The summed E-state index contributed by atoms with van der Waals surface area (Å²) >= 11 is 5.89. The Hall–Kier alpha value is -2.03. The van der Waals surface area contributed by atoms with Crippen LogP contribution in [0.4, 0.5) is 5.69 Å². The van der Waals surface area contributed by atoms with E-state index in [0.29, 0.717) is 31.3 Å². The number of carbonyl (C=O) groups is 1. The third-order valence-corrected chi connectivity index (χ3v) is 3.44. The van der Waals surface area contributed by atoms with Crippen LogP contribution in [0.2, 0.25) is 5.02 Å². The van der Waals surface area contributed by atoms with Crippen LogP contribution < -0.4 is 5.32 Å². The molecule has 21 heavy (non-hydrogen) atoms. The monoisotopic (exact) mass is 305 g/mol. The molecular weight excluding hydrogens is 290 g/mol. The van der Waals surface area contributed by atoms with Crippen molar-refractivity contribution in [2.45, 2.75) is 6.92 Å². The molecule has 1 amide bonds. The highest BCUT2D eigenvalue weighted by Gasteiger charge is 2.20. The van der Waals surface area contributed by atoms with Gasteiger partial charge in [-0.15, -0.1) is 0 Å². The van der Waals surface area contributed by atoms with Crippen molar-refractivity contribution in [3.63, 3.8) is 0 Å². The molecule has 0 spiro atoms. The summed E-state index contributed by atoms with van der Waals surface area (Å²) in [5.41, 5.74) is 1.82. The Labute approximate surface area is 128 Å². The third kappa shape index (κ3) is 3.97. The number of aryl methyl sites for hydroxylation is 1. The SMILES string of the molecule is Cc1cc(Cl)ccc1N/C=C(/C#N)C(=O)N1CCOCC1. The number of rotatable bonds is 3. The molecule has 0 unspecified atom stereocenters. The van der Waals surface area contributed by atoms with Gasteiger partial charge in [0.05, 0.1) is 13.2 Å². The lowest BCUT2D eigenvalue weighted by Crippen LogP contribution is -2.41. The molecule has 6 heteroatoms. The predicted octanol–water partition coefficient (Wildman–Crippen LogP) is 2.33. The number of nitriles is 1. The quantitative estimate of drug-likeness (QED) is 0.687. The molecule has 1 aromatic carbocycles. The number of nitrogens with one attached hydrogen (secondary N) is 1. The second-order valence-corrected chi connectivity index (χ2v) is 5.11. The molecule has 0 saturated carbocycles. The van der Waals surface area contributed by atoms with Gasteiger partial charge in [0.1, 0.15) is 11.6 Å². The molecule has 1 aromatic rings. The summed E-state index contributed by atoms with van der Waals surface area (Å²) in [6, 6.07) is 7.31. The average Bonchev–Trinajstić information content (AvgIpc) is 2.50. The molecule has 1 saturated heterocycles. The average molecular weight is 306 g/mol. The van der Waals surface area contributed by atoms with E-state index >= 15 is 0 Å². The van der Waals surface area contributed by atoms with E-state index in [0.717, 1.165) is 11.3 Å². The number of morpholine rings is 1. The Morgan fingerprint density at radius 2 is 2.19 bits per heavy atom. The first-order chi connectivity index (χ1) is 10.1. The van der Waals surface area contributed by atoms with Crippen molar-refractivity contribution in [3.05, 3.63) is 40.6 Å². The van der Waals surface area contributed by atoms with Crippen LogP contribution in [0.3, 0.4) is 0 Å². The molecule has 0 bridgehead atoms. The summed E-state index contributed by atoms with van der Waals surface area (Å²) in [5.74, 6) is -0.278. The Bertz CT molecular complexity index is 601. The number of hydrogen-bond donors (Lipinski definition) is 1. The van der Waals surface area contributed by atoms with E-state index in [9.17, 15) is 4.79 Å². The number of anilines is 1. The summed E-state index contributed by atoms with van der Waals surface area (Å²) in [5, 5.41) is 12.8. The van der Waals surface area contributed by atoms with E-state index in [2.05, 4.69) is 5.32 Å². The van der Waals surface area contributed by atoms with Crippen LogP contribution in [0.25, 0.3) is 0 Å². The van der Waals surface area contributed by atoms with Gasteiger partial charge in [0, 0.05) is 30.0 Å². The molecule has 1 fully saturated rings. The van der Waals surface area contributed by atoms with Gasteiger partial charge in [-0.2, -0.15) is 5.26 Å². The largest absolute Gasteiger partial charge is 0.378 e. The molecule has 0 atom stereocenters. The molecule has 1 aliphatic rings. The maximum absolute atomic E-state index is 12.2. The van der Waals surface area contributed by atoms with E-state index in [1.54, 1.807) is 11.0 Å². The van der Waals surface area contributed by atoms with Gasteiger partial charge in [-0.25, -0.2) is 0 Å². The number of amides is 1. The maximum atomic E-state index is 12.2. The fraction of sp³-hybridized carbons (Fsp3) is 0.333. The smallest absolute Gasteiger partial charge is 0.266 e. The molecule has 0 aliphatic carbocycles. The van der Waals surface area contributed by atoms with Crippen molar-refractivity contribution in [3.8, 4) is 6.07 Å². The lowest BCUT2D eigenvalue weighted by molar-refractivity contribution is -0.130. The zero-order valence-corrected chi connectivity index (χ0v) is 12.5. The van der Waals surface area contributed by atoms with E-state index < -0.39 is 0 Å². The molecular formula is C15H16ClN3O2. The van der Waals surface area contributed by atoms with Gasteiger partial charge in [-0.3, -0.25) is 4.79 Å². The summed E-state index contributed by atoms with van der Waals surface area (Å²) in [7, 11) is 0. The van der Waals surface area contributed by atoms with Crippen LogP contribution in [0.1, 0.15) is 5.56 Å². The van der Waals surface area contributed by atoms with Crippen molar-refractivity contribution in [2.75, 3.05) is 31.6 Å². The number of hydrogen-bond acceptors (Lipinski definition) is 4. The van der Waals surface area contributed by atoms with Crippen molar-refractivity contribution in [1.82, 2.24) is 4.90 Å². The first kappa shape index (κ1) is 15.4. The van der Waals surface area contributed by atoms with Crippen molar-refractivity contribution >= 4 is 23.2 Å². The van der Waals surface area contributed by atoms with E-state index in [4.69, 9.17) is 21.6 Å². The summed E-state index contributed by atoms with van der Waals surface area (Å²) in [4.78, 5) is 13.8. The zero-order chi connectivity index (χ0) is 15.2. The molecule has 1 N–H and O–H groups in total. The highest BCUT2D eigenvalue weighted by atomic mass is 35.5. The summed E-state index contributed by atoms with van der Waals surface area (Å²) in [6.07, 6.45) is 1.44. The fourth-order valence-electron chi connectivity index (χ4n) is 2.02. The fourth-order valence-corrected chi connectivity index (χ4v) is 2.24. The number of carbonyl (C=O) groups excluding carboxylic acids is 1. The Morgan fingerprint density at radius 3 is 2.81 bits per heavy atom. The van der Waals surface area contributed by atoms with Gasteiger partial charge in [0.15, 0.2) is 0 Å². The Balaban J connectivity index is 2.09. The summed E-state index contributed by atoms with van der Waals surface area (Å²) in [6.45, 7) is 3.94. The maximum Gasteiger partial charge on any atom is 0.266 e. The minimum Gasteiger partial charge on any atom is -0.378 e. The van der Waals surface area contributed by atoms with Crippen LogP contribution in [-0.4, -0.2) is 37.1 Å². The van der Waals surface area contributed by atoms with Crippen molar-refractivity contribution in [2.24, 2.45) is 0 Å². The second kappa shape index (κ2) is 7.11. The first-order valence-electron chi connectivity index (χ1n) is 6.62. The van der Waals surface area contributed by atoms with Gasteiger partial charge in [0.2, 0.25) is 0 Å². The molecule has 2 rings (SSSR count). The van der Waals surface area contributed by atoms with Gasteiger partial charge in [-0.1, -0.05) is 11.6 Å². The van der Waals surface area contributed by atoms with Crippen LogP contribution >= 0.6 is 11.6 Å². The zero-order valence-electron chi connectivity index (χ0n) is 11.7. The van der Waals surface area contributed by atoms with Crippen LogP contribution in [-0.2, 0) is 9.53 Å². The number of ether oxygens (including phenoxy) is 1. The van der Waals surface area contributed by atoms with Crippen molar-refractivity contribution in [1.29, 1.82) is 5.26 Å². The molecule has 1 aliphatic heterocycles. The van der Waals surface area contributed by atoms with Crippen LogP contribution in [0, 0.1) is 18.3 Å². The number of halogens is 1. The molecule has 0 radical (unpaired) electrons. The Kier molecular flexibility index (Phi) is 5.20. The standard InChI is InChI=1S/C15H16ClN3O2/c1-11-8-13(16)2-3-14(11)18-10-12(9-17)15(20)19-4-6-21-7-5-19/h2-3,8,10,18H,4-7H2,1H3/b12-10-. The molecule has 1 heterocycles. The number of nitrogens with zero attached hydrogens (tertiary/aromatic N) is 2. The normalized spacial score (nSPS) is 15.5. The van der Waals surface area contributed by atoms with Gasteiger partial charge >= 0.3 is 0 Å². The second-order valence-electron chi connectivity index (χ2n) is 4.68. The van der Waals surface area contributed by atoms with Gasteiger partial charge in [0.25, 0.3) is 5.91 Å². The minimum absolute atomic E-state index is 0.0752. The molecule has 110 valence electrons. The van der Waals surface area contributed by atoms with Gasteiger partial charge < -0.3 is 15.0 Å². The predicted molar refractivity (Wildman–Crippen MR) is 80.9 cm³/mol. The minimum atomic E-state index is -0.278. The summed E-state index contributed by atoms with van der Waals surface area (Å²) < 4.78 is 5.20. The first-order valence-corrected chi connectivity index (χ1v) is 6.99.